The second kappa shape index (κ2) is 22.1. The summed E-state index contributed by atoms with van der Waals surface area (Å²) in [5.74, 6) is 1.56. The van der Waals surface area contributed by atoms with Crippen LogP contribution < -0.4 is 9.47 Å². The molecule has 0 saturated heterocycles. The SMILES string of the molecule is COC(C)(C)CCOC(C)(C)N(C)CCCOC(C)(C)CCOc1cccc(OCCC(C)(C)OCCCCOCCC(C)(C)OC=O)c1. The van der Waals surface area contributed by atoms with Crippen molar-refractivity contribution in [2.75, 3.05) is 67.0 Å². The van der Waals surface area contributed by atoms with Crippen LogP contribution in [0.5, 0.6) is 11.5 Å². The fourth-order valence-electron chi connectivity index (χ4n) is 4.57. The number of methoxy groups -OCH3 is 1. The van der Waals surface area contributed by atoms with E-state index in [1.807, 2.05) is 38.1 Å². The lowest BCUT2D eigenvalue weighted by Crippen LogP contribution is -2.45. The fraction of sp³-hybridized carbons (Fsp3) is 0.821. The number of rotatable bonds is 30. The highest BCUT2D eigenvalue weighted by molar-refractivity contribution is 5.38. The summed E-state index contributed by atoms with van der Waals surface area (Å²) < 4.78 is 46.8. The summed E-state index contributed by atoms with van der Waals surface area (Å²) in [5, 5.41) is 0. The Morgan fingerprint density at radius 2 is 1.12 bits per heavy atom. The van der Waals surface area contributed by atoms with E-state index in [9.17, 15) is 4.79 Å². The molecule has 10 heteroatoms. The van der Waals surface area contributed by atoms with Crippen LogP contribution in [0, 0.1) is 0 Å². The molecule has 286 valence electrons. The smallest absolute Gasteiger partial charge is 0.293 e. The second-order valence-corrected chi connectivity index (χ2v) is 15.7. The van der Waals surface area contributed by atoms with E-state index in [-0.39, 0.29) is 22.5 Å². The Morgan fingerprint density at radius 1 is 0.612 bits per heavy atom. The summed E-state index contributed by atoms with van der Waals surface area (Å²) >= 11 is 0. The molecule has 0 aliphatic rings. The molecule has 0 spiro atoms. The number of benzene rings is 1. The monoisotopic (exact) mass is 698 g/mol. The average molecular weight is 698 g/mol. The minimum Gasteiger partial charge on any atom is -0.493 e. The zero-order valence-electron chi connectivity index (χ0n) is 33.1. The van der Waals surface area contributed by atoms with E-state index in [1.54, 1.807) is 7.11 Å². The molecule has 10 nitrogen and oxygen atoms in total. The van der Waals surface area contributed by atoms with Gasteiger partial charge < -0.3 is 37.9 Å². The topological polar surface area (TPSA) is 94.2 Å². The quantitative estimate of drug-likeness (QED) is 0.0450. The standard InChI is InChI=1S/C39H71NO9/c1-35(2,42-12)22-30-48-39(9,10)40(11)23-16-26-47-37(5,6)21-29-45-34-18-15-17-33(31-34)44-28-20-36(3,4)46-25-14-13-24-43-27-19-38(7,8)49-32-41/h15,17-18,31-32H,13-14,16,19-30H2,1-12H3. The average Bonchev–Trinajstić information content (AvgIpc) is 3.00. The van der Waals surface area contributed by atoms with E-state index in [2.05, 4.69) is 67.3 Å². The molecule has 0 amide bonds. The van der Waals surface area contributed by atoms with E-state index in [0.29, 0.717) is 59.1 Å². The third-order valence-corrected chi connectivity index (χ3v) is 8.90. The van der Waals surface area contributed by atoms with Gasteiger partial charge in [0.05, 0.1) is 43.2 Å². The Labute approximate surface area is 298 Å². The largest absolute Gasteiger partial charge is 0.493 e. The molecule has 1 aromatic carbocycles. The summed E-state index contributed by atoms with van der Waals surface area (Å²) in [6.07, 6.45) is 5.78. The van der Waals surface area contributed by atoms with E-state index >= 15 is 0 Å². The van der Waals surface area contributed by atoms with Gasteiger partial charge in [-0.25, -0.2) is 0 Å². The van der Waals surface area contributed by atoms with Crippen molar-refractivity contribution in [1.29, 1.82) is 0 Å². The molecule has 0 radical (unpaired) electrons. The molecular weight excluding hydrogens is 626 g/mol. The predicted molar refractivity (Wildman–Crippen MR) is 196 cm³/mol. The Kier molecular flexibility index (Phi) is 20.3. The van der Waals surface area contributed by atoms with E-state index in [0.717, 1.165) is 56.6 Å². The fourth-order valence-corrected chi connectivity index (χ4v) is 4.57. The van der Waals surface area contributed by atoms with E-state index in [1.165, 1.54) is 0 Å². The van der Waals surface area contributed by atoms with Crippen LogP contribution in [0.25, 0.3) is 0 Å². The van der Waals surface area contributed by atoms with Gasteiger partial charge >= 0.3 is 0 Å². The first kappa shape index (κ1) is 45.1. The summed E-state index contributed by atoms with van der Waals surface area (Å²) in [7, 11) is 3.83. The molecule has 1 rings (SSSR count). The Bertz CT molecular complexity index is 1030. The highest BCUT2D eigenvalue weighted by Gasteiger charge is 2.26. The highest BCUT2D eigenvalue weighted by atomic mass is 16.5. The van der Waals surface area contributed by atoms with Crippen LogP contribution in [-0.2, 0) is 33.2 Å². The zero-order chi connectivity index (χ0) is 37.0. The third kappa shape index (κ3) is 21.8. The van der Waals surface area contributed by atoms with Crippen molar-refractivity contribution in [1.82, 2.24) is 4.90 Å². The van der Waals surface area contributed by atoms with Gasteiger partial charge in [-0.2, -0.15) is 0 Å². The maximum atomic E-state index is 10.5. The number of unbranched alkanes of at least 4 members (excludes halogenated alkanes) is 1. The van der Waals surface area contributed by atoms with Crippen LogP contribution in [0.1, 0.15) is 114 Å². The Hall–Kier alpha value is -1.95. The van der Waals surface area contributed by atoms with Gasteiger partial charge in [-0.15, -0.1) is 0 Å². The van der Waals surface area contributed by atoms with Gasteiger partial charge in [0.1, 0.15) is 22.8 Å². The first-order valence-corrected chi connectivity index (χ1v) is 18.1. The van der Waals surface area contributed by atoms with Crippen molar-refractivity contribution in [2.45, 2.75) is 142 Å². The number of carbonyl (C=O) groups excluding carboxylic acids is 1. The van der Waals surface area contributed by atoms with Crippen LogP contribution in [0.15, 0.2) is 24.3 Å². The summed E-state index contributed by atoms with van der Waals surface area (Å²) in [5.41, 5.74) is -1.63. The van der Waals surface area contributed by atoms with E-state index < -0.39 is 5.60 Å². The molecule has 0 unspecified atom stereocenters. The third-order valence-electron chi connectivity index (χ3n) is 8.90. The molecule has 0 heterocycles. The Morgan fingerprint density at radius 3 is 1.67 bits per heavy atom. The molecule has 0 aliphatic carbocycles. The van der Waals surface area contributed by atoms with Gasteiger partial charge in [-0.05, 0) is 114 Å². The van der Waals surface area contributed by atoms with Crippen LogP contribution >= 0.6 is 0 Å². The van der Waals surface area contributed by atoms with Crippen LogP contribution in [0.4, 0.5) is 0 Å². The maximum absolute atomic E-state index is 10.5. The first-order chi connectivity index (χ1) is 22.8. The van der Waals surface area contributed by atoms with Crippen molar-refractivity contribution in [3.05, 3.63) is 24.3 Å². The number of carbonyl (C=O) groups is 1. The number of hydrogen-bond acceptors (Lipinski definition) is 10. The number of nitrogens with zero attached hydrogens (tertiary/aromatic N) is 1. The summed E-state index contributed by atoms with van der Waals surface area (Å²) in [6, 6.07) is 7.79. The van der Waals surface area contributed by atoms with Gasteiger partial charge in [-0.1, -0.05) is 6.07 Å². The minimum absolute atomic E-state index is 0.185. The van der Waals surface area contributed by atoms with Gasteiger partial charge in [0.25, 0.3) is 6.47 Å². The van der Waals surface area contributed by atoms with Gasteiger partial charge in [0.15, 0.2) is 0 Å². The van der Waals surface area contributed by atoms with Crippen molar-refractivity contribution in [3.8, 4) is 11.5 Å². The predicted octanol–water partition coefficient (Wildman–Crippen LogP) is 7.84. The maximum Gasteiger partial charge on any atom is 0.293 e. The van der Waals surface area contributed by atoms with Gasteiger partial charge in [-0.3, -0.25) is 9.69 Å². The van der Waals surface area contributed by atoms with Crippen molar-refractivity contribution < 1.29 is 42.7 Å². The molecule has 1 aromatic rings. The number of hydrogen-bond donors (Lipinski definition) is 0. The van der Waals surface area contributed by atoms with Gasteiger partial charge in [0.2, 0.25) is 0 Å². The van der Waals surface area contributed by atoms with Crippen LogP contribution in [-0.4, -0.2) is 106 Å². The summed E-state index contributed by atoms with van der Waals surface area (Å²) in [6.45, 7) is 26.2. The molecule has 0 bridgehead atoms. The molecule has 0 aliphatic heterocycles. The lowest BCUT2D eigenvalue weighted by atomic mass is 10.1. The molecule has 0 saturated carbocycles. The molecule has 49 heavy (non-hydrogen) atoms. The normalized spacial score (nSPS) is 13.2. The molecule has 0 fully saturated rings. The van der Waals surface area contributed by atoms with Gasteiger partial charge in [0, 0.05) is 58.8 Å². The lowest BCUT2D eigenvalue weighted by molar-refractivity contribution is -0.141. The number of ether oxygens (including phenoxy) is 8. The minimum atomic E-state index is -0.492. The molecule has 0 atom stereocenters. The van der Waals surface area contributed by atoms with Crippen molar-refractivity contribution in [2.24, 2.45) is 0 Å². The Balaban J connectivity index is 2.26. The zero-order valence-corrected chi connectivity index (χ0v) is 33.1. The van der Waals surface area contributed by atoms with Crippen molar-refractivity contribution in [3.63, 3.8) is 0 Å². The van der Waals surface area contributed by atoms with Crippen LogP contribution in [0.3, 0.4) is 0 Å². The van der Waals surface area contributed by atoms with Crippen molar-refractivity contribution >= 4 is 6.47 Å². The summed E-state index contributed by atoms with van der Waals surface area (Å²) in [4.78, 5) is 12.8. The first-order valence-electron chi connectivity index (χ1n) is 18.1. The highest BCUT2D eigenvalue weighted by Crippen LogP contribution is 2.24. The molecule has 0 N–H and O–H groups in total. The molecule has 0 aromatic heterocycles. The lowest BCUT2D eigenvalue weighted by Gasteiger charge is -2.36. The molecular formula is C39H71NO9. The van der Waals surface area contributed by atoms with E-state index in [4.69, 9.17) is 37.9 Å². The second-order valence-electron chi connectivity index (χ2n) is 15.7. The van der Waals surface area contributed by atoms with Crippen LogP contribution in [0.2, 0.25) is 0 Å².